The van der Waals surface area contributed by atoms with Crippen molar-refractivity contribution < 1.29 is 13.5 Å². The molecular formula is C10H11ClF2N4O. The topological polar surface area (TPSA) is 51.5 Å². The van der Waals surface area contributed by atoms with Gasteiger partial charge in [0.25, 0.3) is 6.43 Å². The maximum atomic E-state index is 11.8. The van der Waals surface area contributed by atoms with Gasteiger partial charge in [0, 0.05) is 12.7 Å². The third-order valence-electron chi connectivity index (χ3n) is 2.07. The van der Waals surface area contributed by atoms with E-state index in [1.165, 1.54) is 4.52 Å². The summed E-state index contributed by atoms with van der Waals surface area (Å²) in [7, 11) is 0. The molecule has 1 N–H and O–H groups in total. The first-order valence-electron chi connectivity index (χ1n) is 5.27. The van der Waals surface area contributed by atoms with Crippen molar-refractivity contribution in [3.05, 3.63) is 23.4 Å². The summed E-state index contributed by atoms with van der Waals surface area (Å²) in [5.41, 5.74) is 0.649. The van der Waals surface area contributed by atoms with Crippen LogP contribution in [0.25, 0.3) is 5.65 Å². The molecule has 0 atom stereocenters. The van der Waals surface area contributed by atoms with Crippen LogP contribution in [0.3, 0.4) is 0 Å². The normalized spacial score (nSPS) is 11.3. The van der Waals surface area contributed by atoms with Gasteiger partial charge in [-0.2, -0.15) is 4.98 Å². The third kappa shape index (κ3) is 3.51. The predicted molar refractivity (Wildman–Crippen MR) is 63.3 cm³/mol. The van der Waals surface area contributed by atoms with Gasteiger partial charge in [-0.25, -0.2) is 13.3 Å². The van der Waals surface area contributed by atoms with Crippen molar-refractivity contribution in [3.63, 3.8) is 0 Å². The fourth-order valence-electron chi connectivity index (χ4n) is 1.34. The summed E-state index contributed by atoms with van der Waals surface area (Å²) < 4.78 is 29.8. The second kappa shape index (κ2) is 5.92. The summed E-state index contributed by atoms with van der Waals surface area (Å²) >= 11 is 5.80. The summed E-state index contributed by atoms with van der Waals surface area (Å²) in [6.07, 6.45) is -0.817. The van der Waals surface area contributed by atoms with Crippen LogP contribution in [0.15, 0.2) is 18.3 Å². The number of fused-ring (bicyclic) bond motifs is 1. The molecule has 0 fully saturated rings. The highest BCUT2D eigenvalue weighted by Gasteiger charge is 2.04. The number of ether oxygens (including phenoxy) is 1. The first kappa shape index (κ1) is 13.0. The molecule has 2 rings (SSSR count). The van der Waals surface area contributed by atoms with E-state index >= 15 is 0 Å². The average Bonchev–Trinajstić information content (AvgIpc) is 2.70. The maximum Gasteiger partial charge on any atom is 0.261 e. The third-order valence-corrected chi connectivity index (χ3v) is 2.29. The second-order valence-electron chi connectivity index (χ2n) is 3.48. The molecule has 0 amide bonds. The quantitative estimate of drug-likeness (QED) is 0.821. The molecule has 0 saturated heterocycles. The fraction of sp³-hybridized carbons (Fsp3) is 0.400. The van der Waals surface area contributed by atoms with Gasteiger partial charge in [-0.1, -0.05) is 11.6 Å². The molecule has 5 nitrogen and oxygen atoms in total. The van der Waals surface area contributed by atoms with Gasteiger partial charge in [-0.3, -0.25) is 0 Å². The minimum Gasteiger partial charge on any atom is -0.374 e. The summed E-state index contributed by atoms with van der Waals surface area (Å²) in [5, 5.41) is 7.54. The number of alkyl halides is 2. The van der Waals surface area contributed by atoms with E-state index in [-0.39, 0.29) is 6.61 Å². The number of nitrogens with one attached hydrogen (secondary N) is 1. The molecule has 0 aliphatic carbocycles. The molecule has 0 aliphatic heterocycles. The van der Waals surface area contributed by atoms with Gasteiger partial charge < -0.3 is 10.1 Å². The number of halogens is 3. The molecule has 8 heteroatoms. The minimum atomic E-state index is -2.44. The van der Waals surface area contributed by atoms with E-state index in [0.717, 1.165) is 0 Å². The van der Waals surface area contributed by atoms with Gasteiger partial charge >= 0.3 is 0 Å². The van der Waals surface area contributed by atoms with Gasteiger partial charge in [0.15, 0.2) is 5.65 Å². The molecule has 0 radical (unpaired) electrons. The lowest BCUT2D eigenvalue weighted by atomic mass is 10.5. The van der Waals surface area contributed by atoms with Crippen molar-refractivity contribution in [1.29, 1.82) is 0 Å². The van der Waals surface area contributed by atoms with Crippen molar-refractivity contribution in [1.82, 2.24) is 14.6 Å². The Bertz CT molecular complexity index is 520. The van der Waals surface area contributed by atoms with Crippen LogP contribution in [0.1, 0.15) is 0 Å². The number of anilines is 1. The van der Waals surface area contributed by atoms with E-state index in [0.29, 0.717) is 23.2 Å². The van der Waals surface area contributed by atoms with Crippen LogP contribution >= 0.6 is 11.6 Å². The molecule has 2 aromatic heterocycles. The van der Waals surface area contributed by atoms with E-state index in [1.807, 2.05) is 0 Å². The molecule has 2 aromatic rings. The van der Waals surface area contributed by atoms with E-state index in [1.54, 1.807) is 18.3 Å². The second-order valence-corrected chi connectivity index (χ2v) is 3.91. The van der Waals surface area contributed by atoms with Crippen LogP contribution in [-0.4, -0.2) is 40.8 Å². The van der Waals surface area contributed by atoms with Gasteiger partial charge in [0.05, 0.1) is 11.6 Å². The number of rotatable bonds is 6. The van der Waals surface area contributed by atoms with Crippen molar-refractivity contribution >= 4 is 23.2 Å². The Morgan fingerprint density at radius 3 is 3.06 bits per heavy atom. The molecule has 18 heavy (non-hydrogen) atoms. The smallest absolute Gasteiger partial charge is 0.261 e. The van der Waals surface area contributed by atoms with Gasteiger partial charge in [0.2, 0.25) is 5.95 Å². The number of hydrogen-bond acceptors (Lipinski definition) is 4. The van der Waals surface area contributed by atoms with E-state index in [4.69, 9.17) is 16.3 Å². The Kier molecular flexibility index (Phi) is 4.27. The van der Waals surface area contributed by atoms with Crippen LogP contribution in [0, 0.1) is 0 Å². The first-order chi connectivity index (χ1) is 8.65. The zero-order valence-corrected chi connectivity index (χ0v) is 10.1. The monoisotopic (exact) mass is 276 g/mol. The highest BCUT2D eigenvalue weighted by molar-refractivity contribution is 6.30. The largest absolute Gasteiger partial charge is 0.374 e. The summed E-state index contributed by atoms with van der Waals surface area (Å²) in [5.74, 6) is 0.401. The molecule has 2 heterocycles. The van der Waals surface area contributed by atoms with Gasteiger partial charge in [-0.05, 0) is 12.1 Å². The summed E-state index contributed by atoms with van der Waals surface area (Å²) in [6.45, 7) is -0.0339. The predicted octanol–water partition coefficient (Wildman–Crippen LogP) is 2.08. The number of pyridine rings is 1. The van der Waals surface area contributed by atoms with Crippen LogP contribution in [0.4, 0.5) is 14.7 Å². The number of hydrogen-bond donors (Lipinski definition) is 1. The average molecular weight is 277 g/mol. The number of aromatic nitrogens is 3. The highest BCUT2D eigenvalue weighted by atomic mass is 35.5. The Morgan fingerprint density at radius 1 is 1.44 bits per heavy atom. The molecule has 0 bridgehead atoms. The van der Waals surface area contributed by atoms with Crippen molar-refractivity contribution in [3.8, 4) is 0 Å². The Balaban J connectivity index is 1.84. The molecular weight excluding hydrogens is 266 g/mol. The van der Waals surface area contributed by atoms with E-state index in [2.05, 4.69) is 15.4 Å². The SMILES string of the molecule is FC(F)COCCNc1nc2ccc(Cl)cn2n1. The molecule has 98 valence electrons. The lowest BCUT2D eigenvalue weighted by Gasteiger charge is -2.03. The van der Waals surface area contributed by atoms with Crippen LogP contribution in [-0.2, 0) is 4.74 Å². The molecule has 0 spiro atoms. The lowest BCUT2D eigenvalue weighted by Crippen LogP contribution is -2.13. The van der Waals surface area contributed by atoms with Crippen molar-refractivity contribution in [2.45, 2.75) is 6.43 Å². The Labute approximate surface area is 107 Å². The van der Waals surface area contributed by atoms with Crippen molar-refractivity contribution in [2.24, 2.45) is 0 Å². The molecule has 0 aliphatic rings. The summed E-state index contributed by atoms with van der Waals surface area (Å²) in [4.78, 5) is 4.16. The van der Waals surface area contributed by atoms with Crippen LogP contribution < -0.4 is 5.32 Å². The molecule has 0 aromatic carbocycles. The van der Waals surface area contributed by atoms with E-state index < -0.39 is 13.0 Å². The Hall–Kier alpha value is -1.47. The van der Waals surface area contributed by atoms with Crippen LogP contribution in [0.2, 0.25) is 5.02 Å². The number of nitrogens with zero attached hydrogens (tertiary/aromatic N) is 3. The van der Waals surface area contributed by atoms with E-state index in [9.17, 15) is 8.78 Å². The standard InChI is InChI=1S/C10H11ClF2N4O/c11-7-1-2-9-15-10(16-17(9)5-7)14-3-4-18-6-8(12)13/h1-2,5,8H,3-4,6H2,(H,14,16). The highest BCUT2D eigenvalue weighted by Crippen LogP contribution is 2.11. The lowest BCUT2D eigenvalue weighted by molar-refractivity contribution is 0.0214. The van der Waals surface area contributed by atoms with Crippen LogP contribution in [0.5, 0.6) is 0 Å². The molecule has 0 saturated carbocycles. The first-order valence-corrected chi connectivity index (χ1v) is 5.64. The summed E-state index contributed by atoms with van der Waals surface area (Å²) in [6, 6.07) is 3.44. The maximum absolute atomic E-state index is 11.8. The van der Waals surface area contributed by atoms with Gasteiger partial charge in [-0.15, -0.1) is 5.10 Å². The zero-order valence-electron chi connectivity index (χ0n) is 9.31. The zero-order chi connectivity index (χ0) is 13.0. The Morgan fingerprint density at radius 2 is 2.28 bits per heavy atom. The van der Waals surface area contributed by atoms with Gasteiger partial charge in [0.1, 0.15) is 6.61 Å². The fourth-order valence-corrected chi connectivity index (χ4v) is 1.50. The van der Waals surface area contributed by atoms with Crippen molar-refractivity contribution in [2.75, 3.05) is 25.1 Å². The minimum absolute atomic E-state index is 0.167. The molecule has 0 unspecified atom stereocenters.